The molecule has 3 aromatic carbocycles. The first-order valence-electron chi connectivity index (χ1n) is 14.6. The molecule has 220 valence electrons. The molecule has 1 N–H and O–H groups in total. The van der Waals surface area contributed by atoms with Crippen molar-refractivity contribution in [2.24, 2.45) is 5.92 Å². The van der Waals surface area contributed by atoms with Crippen LogP contribution in [-0.2, 0) is 15.1 Å². The molecule has 2 aliphatic heterocycles. The minimum atomic E-state index is -1.02. The maximum atomic E-state index is 14.0. The Bertz CT molecular complexity index is 1300. The van der Waals surface area contributed by atoms with Gasteiger partial charge in [-0.1, -0.05) is 105 Å². The van der Waals surface area contributed by atoms with Crippen LogP contribution in [0.4, 0.5) is 4.79 Å². The maximum absolute atomic E-state index is 14.0. The first-order valence-corrected chi connectivity index (χ1v) is 14.6. The number of likely N-dealkylation sites (tertiary alicyclic amines) is 1. The van der Waals surface area contributed by atoms with Crippen LogP contribution in [0, 0.1) is 5.92 Å². The number of likely N-dealkylation sites (N-methyl/N-ethyl adjacent to an activating group) is 2. The molecule has 42 heavy (non-hydrogen) atoms. The number of carboxylic acid groups (broad SMARTS) is 1. The van der Waals surface area contributed by atoms with E-state index in [0.717, 1.165) is 16.7 Å². The SMILES string of the molecule is CC(C)[C@@H](C(=O)O)N(C)C(=O)N(C)[C@H]1CCN(C(=O)[C@H]2CN2C(c2ccccc2)(c2ccccc2)c2ccccc2)C1. The molecule has 2 saturated heterocycles. The van der Waals surface area contributed by atoms with E-state index >= 15 is 0 Å². The van der Waals surface area contributed by atoms with E-state index in [0.29, 0.717) is 26.1 Å². The summed E-state index contributed by atoms with van der Waals surface area (Å²) < 4.78 is 0. The standard InChI is InChI=1S/C34H40N4O4/c1-24(2)30(32(40)41)36(4)33(42)35(3)28-20-21-37(22-28)31(39)29-23-38(29)34(25-14-8-5-9-15-25,26-16-10-6-11-17-26)27-18-12-7-13-19-27/h5-19,24,28-30H,20-23H2,1-4H3,(H,40,41)/t28-,29+,30-,38?/m0/s1. The van der Waals surface area contributed by atoms with Gasteiger partial charge < -0.3 is 19.8 Å². The van der Waals surface area contributed by atoms with Crippen LogP contribution in [0.1, 0.15) is 37.0 Å². The molecule has 8 nitrogen and oxygen atoms in total. The Labute approximate surface area is 248 Å². The van der Waals surface area contributed by atoms with Crippen molar-refractivity contribution < 1.29 is 19.5 Å². The Hall–Kier alpha value is -4.17. The van der Waals surface area contributed by atoms with E-state index in [9.17, 15) is 19.5 Å². The molecular formula is C34H40N4O4. The third kappa shape index (κ3) is 5.27. The number of nitrogens with zero attached hydrogens (tertiary/aromatic N) is 4. The van der Waals surface area contributed by atoms with Crippen LogP contribution < -0.4 is 0 Å². The summed E-state index contributed by atoms with van der Waals surface area (Å²) in [5.74, 6) is -1.19. The molecule has 0 bridgehead atoms. The van der Waals surface area contributed by atoms with Crippen molar-refractivity contribution >= 4 is 17.9 Å². The van der Waals surface area contributed by atoms with Gasteiger partial charge in [-0.15, -0.1) is 0 Å². The van der Waals surface area contributed by atoms with Gasteiger partial charge in [0.1, 0.15) is 12.1 Å². The topological polar surface area (TPSA) is 84.2 Å². The van der Waals surface area contributed by atoms with Crippen LogP contribution in [0.5, 0.6) is 0 Å². The summed E-state index contributed by atoms with van der Waals surface area (Å²) in [4.78, 5) is 46.1. The highest BCUT2D eigenvalue weighted by Crippen LogP contribution is 2.48. The van der Waals surface area contributed by atoms with Gasteiger partial charge in [0.15, 0.2) is 0 Å². The summed E-state index contributed by atoms with van der Waals surface area (Å²) in [7, 11) is 3.24. The van der Waals surface area contributed by atoms with Crippen LogP contribution in [0.2, 0.25) is 0 Å². The number of urea groups is 1. The largest absolute Gasteiger partial charge is 0.480 e. The number of aliphatic carboxylic acids is 1. The highest BCUT2D eigenvalue weighted by atomic mass is 16.4. The van der Waals surface area contributed by atoms with E-state index in [-0.39, 0.29) is 29.9 Å². The Balaban J connectivity index is 1.38. The number of carbonyl (C=O) groups is 3. The van der Waals surface area contributed by atoms with Crippen molar-refractivity contribution in [3.05, 3.63) is 108 Å². The van der Waals surface area contributed by atoms with Gasteiger partial charge in [0.25, 0.3) is 0 Å². The zero-order chi connectivity index (χ0) is 30.0. The van der Waals surface area contributed by atoms with Gasteiger partial charge >= 0.3 is 12.0 Å². The van der Waals surface area contributed by atoms with Crippen LogP contribution in [0.15, 0.2) is 91.0 Å². The summed E-state index contributed by atoms with van der Waals surface area (Å²) >= 11 is 0. The average Bonchev–Trinajstić information content (AvgIpc) is 3.64. The lowest BCUT2D eigenvalue weighted by atomic mass is 9.76. The number of benzene rings is 3. The smallest absolute Gasteiger partial charge is 0.326 e. The molecule has 8 heteroatoms. The number of hydrogen-bond acceptors (Lipinski definition) is 4. The van der Waals surface area contributed by atoms with Gasteiger partial charge in [-0.25, -0.2) is 9.59 Å². The van der Waals surface area contributed by atoms with Gasteiger partial charge in [-0.05, 0) is 29.0 Å². The number of carbonyl (C=O) groups excluding carboxylic acids is 2. The Morgan fingerprint density at radius 1 is 0.810 bits per heavy atom. The predicted octanol–water partition coefficient (Wildman–Crippen LogP) is 4.36. The van der Waals surface area contributed by atoms with Crippen LogP contribution in [-0.4, -0.2) is 94.5 Å². The molecule has 0 aromatic heterocycles. The summed E-state index contributed by atoms with van der Waals surface area (Å²) in [5, 5.41) is 9.66. The van der Waals surface area contributed by atoms with Crippen molar-refractivity contribution in [3.8, 4) is 0 Å². The van der Waals surface area contributed by atoms with Gasteiger partial charge in [-0.3, -0.25) is 9.69 Å². The van der Waals surface area contributed by atoms with Gasteiger partial charge in [0, 0.05) is 33.7 Å². The van der Waals surface area contributed by atoms with Gasteiger partial charge in [-0.2, -0.15) is 0 Å². The second-order valence-electron chi connectivity index (χ2n) is 11.7. The fourth-order valence-corrected chi connectivity index (χ4v) is 6.65. The molecule has 5 rings (SSSR count). The summed E-state index contributed by atoms with van der Waals surface area (Å²) in [6.45, 7) is 5.18. The van der Waals surface area contributed by atoms with Crippen molar-refractivity contribution in [2.45, 2.75) is 43.9 Å². The van der Waals surface area contributed by atoms with Crippen molar-refractivity contribution in [2.75, 3.05) is 33.7 Å². The third-order valence-corrected chi connectivity index (χ3v) is 8.83. The van der Waals surface area contributed by atoms with Crippen LogP contribution in [0.3, 0.4) is 0 Å². The summed E-state index contributed by atoms with van der Waals surface area (Å²) in [5.41, 5.74) is 2.66. The third-order valence-electron chi connectivity index (χ3n) is 8.83. The molecule has 0 saturated carbocycles. The number of amides is 3. The van der Waals surface area contributed by atoms with E-state index < -0.39 is 17.6 Å². The van der Waals surface area contributed by atoms with E-state index in [4.69, 9.17) is 0 Å². The molecule has 2 heterocycles. The van der Waals surface area contributed by atoms with E-state index in [2.05, 4.69) is 41.3 Å². The number of hydrogen-bond donors (Lipinski definition) is 1. The highest BCUT2D eigenvalue weighted by Gasteiger charge is 2.57. The molecule has 3 aromatic rings. The van der Waals surface area contributed by atoms with Gasteiger partial charge in [0.05, 0.1) is 11.6 Å². The van der Waals surface area contributed by atoms with Crippen molar-refractivity contribution in [1.82, 2.24) is 19.6 Å². The molecule has 4 atom stereocenters. The lowest BCUT2D eigenvalue weighted by Crippen LogP contribution is -2.53. The Morgan fingerprint density at radius 2 is 1.29 bits per heavy atom. The molecular weight excluding hydrogens is 528 g/mol. The summed E-state index contributed by atoms with van der Waals surface area (Å²) in [6, 6.07) is 29.3. The molecule has 1 unspecified atom stereocenters. The monoisotopic (exact) mass is 568 g/mol. The van der Waals surface area contributed by atoms with E-state index in [1.54, 1.807) is 25.8 Å². The number of carboxylic acids is 1. The quantitative estimate of drug-likeness (QED) is 0.307. The van der Waals surface area contributed by atoms with Crippen LogP contribution >= 0.6 is 0 Å². The lowest BCUT2D eigenvalue weighted by molar-refractivity contribution is -0.143. The molecule has 0 radical (unpaired) electrons. The fraction of sp³-hybridized carbons (Fsp3) is 0.382. The molecule has 2 aliphatic rings. The first-order chi connectivity index (χ1) is 20.2. The second-order valence-corrected chi connectivity index (χ2v) is 11.7. The second kappa shape index (κ2) is 12.0. The average molecular weight is 569 g/mol. The zero-order valence-electron chi connectivity index (χ0n) is 24.8. The van der Waals surface area contributed by atoms with Crippen molar-refractivity contribution in [1.29, 1.82) is 0 Å². The van der Waals surface area contributed by atoms with Gasteiger partial charge in [0.2, 0.25) is 5.91 Å². The maximum Gasteiger partial charge on any atom is 0.326 e. The Morgan fingerprint density at radius 3 is 1.71 bits per heavy atom. The van der Waals surface area contributed by atoms with Crippen LogP contribution in [0.25, 0.3) is 0 Å². The molecule has 3 amide bonds. The van der Waals surface area contributed by atoms with E-state index in [1.807, 2.05) is 59.5 Å². The fourth-order valence-electron chi connectivity index (χ4n) is 6.65. The minimum Gasteiger partial charge on any atom is -0.480 e. The lowest BCUT2D eigenvalue weighted by Gasteiger charge is -2.38. The normalized spacial score (nSPS) is 20.7. The van der Waals surface area contributed by atoms with E-state index in [1.165, 1.54) is 11.9 Å². The molecule has 0 spiro atoms. The molecule has 0 aliphatic carbocycles. The minimum absolute atomic E-state index is 0.0597. The number of rotatable bonds is 9. The van der Waals surface area contributed by atoms with Crippen molar-refractivity contribution in [3.63, 3.8) is 0 Å². The summed E-state index contributed by atoms with van der Waals surface area (Å²) in [6.07, 6.45) is 0.648. The highest BCUT2D eigenvalue weighted by molar-refractivity contribution is 5.86. The Kier molecular flexibility index (Phi) is 8.36. The zero-order valence-corrected chi connectivity index (χ0v) is 24.8. The predicted molar refractivity (Wildman–Crippen MR) is 162 cm³/mol. The molecule has 2 fully saturated rings. The first kappa shape index (κ1) is 29.3.